The topological polar surface area (TPSA) is 55.6 Å². The van der Waals surface area contributed by atoms with Crippen LogP contribution >= 0.6 is 12.4 Å². The molecule has 0 aromatic heterocycles. The summed E-state index contributed by atoms with van der Waals surface area (Å²) in [5, 5.41) is 0. The monoisotopic (exact) mass is 332 g/mol. The van der Waals surface area contributed by atoms with E-state index in [9.17, 15) is 4.79 Å². The molecule has 2 aromatic carbocycles. The Balaban J connectivity index is 0.00000192. The van der Waals surface area contributed by atoms with Crippen molar-refractivity contribution in [3.63, 3.8) is 0 Å². The molecule has 0 spiro atoms. The van der Waals surface area contributed by atoms with Crippen LogP contribution in [-0.2, 0) is 9.53 Å². The smallest absolute Gasteiger partial charge is 0.242 e. The molecule has 4 nitrogen and oxygen atoms in total. The number of carbonyl (C=O) groups is 1. The van der Waals surface area contributed by atoms with Crippen LogP contribution in [0.3, 0.4) is 0 Å². The van der Waals surface area contributed by atoms with Crippen molar-refractivity contribution in [3.05, 3.63) is 71.8 Å². The second kappa shape index (κ2) is 7.59. The first-order valence-electron chi connectivity index (χ1n) is 7.42. The summed E-state index contributed by atoms with van der Waals surface area (Å²) in [6, 6.07) is 18.8. The highest BCUT2D eigenvalue weighted by molar-refractivity contribution is 5.85. The van der Waals surface area contributed by atoms with Gasteiger partial charge in [0.1, 0.15) is 12.1 Å². The molecular weight excluding hydrogens is 312 g/mol. The molecule has 1 aliphatic heterocycles. The number of nitrogens with two attached hydrogens (primary N) is 1. The third-order valence-electron chi connectivity index (χ3n) is 4.17. The molecule has 0 bridgehead atoms. The van der Waals surface area contributed by atoms with Crippen molar-refractivity contribution in [2.75, 3.05) is 13.7 Å². The van der Waals surface area contributed by atoms with Crippen LogP contribution in [-0.4, -0.2) is 30.5 Å². The van der Waals surface area contributed by atoms with Crippen molar-refractivity contribution in [2.24, 2.45) is 5.73 Å². The second-order valence-corrected chi connectivity index (χ2v) is 5.57. The predicted octanol–water partition coefficient (Wildman–Crippen LogP) is 2.71. The Kier molecular flexibility index (Phi) is 5.77. The first-order valence-corrected chi connectivity index (χ1v) is 7.42. The van der Waals surface area contributed by atoms with E-state index < -0.39 is 12.1 Å². The molecular formula is C18H21ClN2O2. The number of hydrogen-bond donors (Lipinski definition) is 1. The van der Waals surface area contributed by atoms with E-state index in [0.29, 0.717) is 6.61 Å². The maximum atomic E-state index is 12.6. The van der Waals surface area contributed by atoms with Crippen molar-refractivity contribution in [2.45, 2.75) is 18.2 Å². The number of ether oxygens (including phenoxy) is 1. The average molecular weight is 333 g/mol. The fraction of sp³-hybridized carbons (Fsp3) is 0.278. The molecule has 2 aromatic rings. The molecule has 122 valence electrons. The van der Waals surface area contributed by atoms with Gasteiger partial charge in [0.15, 0.2) is 0 Å². The van der Waals surface area contributed by atoms with E-state index in [1.807, 2.05) is 60.7 Å². The minimum absolute atomic E-state index is 0. The zero-order valence-electron chi connectivity index (χ0n) is 13.0. The number of carbonyl (C=O) groups excluding carboxylic acids is 1. The summed E-state index contributed by atoms with van der Waals surface area (Å²) in [6.45, 7) is 0.430. The SMILES string of the molecule is CN1C(=O)C(N)C(c2ccccc2)OCC1c1ccccc1.Cl. The van der Waals surface area contributed by atoms with Gasteiger partial charge in [-0.1, -0.05) is 60.7 Å². The first-order chi connectivity index (χ1) is 10.7. The van der Waals surface area contributed by atoms with Gasteiger partial charge < -0.3 is 15.4 Å². The zero-order chi connectivity index (χ0) is 15.5. The molecule has 5 heteroatoms. The maximum Gasteiger partial charge on any atom is 0.242 e. The van der Waals surface area contributed by atoms with E-state index in [1.165, 1.54) is 0 Å². The Labute approximate surface area is 142 Å². The van der Waals surface area contributed by atoms with Gasteiger partial charge in [0.2, 0.25) is 5.91 Å². The van der Waals surface area contributed by atoms with E-state index >= 15 is 0 Å². The lowest BCUT2D eigenvalue weighted by atomic mass is 10.0. The van der Waals surface area contributed by atoms with Gasteiger partial charge in [0.05, 0.1) is 12.6 Å². The lowest BCUT2D eigenvalue weighted by molar-refractivity contribution is -0.133. The maximum absolute atomic E-state index is 12.6. The Bertz CT molecular complexity index is 580. The third-order valence-corrected chi connectivity index (χ3v) is 4.17. The standard InChI is InChI=1S/C18H20N2O2.ClH/c1-20-15(13-8-4-2-5-9-13)12-22-17(16(19)18(20)21)14-10-6-3-7-11-14;/h2-11,15-17H,12,19H2,1H3;1H. The molecule has 0 aliphatic carbocycles. The number of rotatable bonds is 2. The van der Waals surface area contributed by atoms with Crippen molar-refractivity contribution in [1.82, 2.24) is 4.90 Å². The molecule has 1 saturated heterocycles. The van der Waals surface area contributed by atoms with Gasteiger partial charge in [-0.15, -0.1) is 12.4 Å². The van der Waals surface area contributed by atoms with Gasteiger partial charge in [-0.25, -0.2) is 0 Å². The fourth-order valence-corrected chi connectivity index (χ4v) is 2.87. The Morgan fingerprint density at radius 2 is 1.52 bits per heavy atom. The number of amides is 1. The zero-order valence-corrected chi connectivity index (χ0v) is 13.8. The molecule has 3 atom stereocenters. The highest BCUT2D eigenvalue weighted by Gasteiger charge is 2.36. The number of halogens is 1. The quantitative estimate of drug-likeness (QED) is 0.920. The van der Waals surface area contributed by atoms with Gasteiger partial charge in [-0.05, 0) is 11.1 Å². The highest BCUT2D eigenvalue weighted by Crippen LogP contribution is 2.30. The van der Waals surface area contributed by atoms with Gasteiger partial charge >= 0.3 is 0 Å². The average Bonchev–Trinajstić information content (AvgIpc) is 2.68. The van der Waals surface area contributed by atoms with Crippen LogP contribution in [0.5, 0.6) is 0 Å². The molecule has 1 amide bonds. The van der Waals surface area contributed by atoms with E-state index in [2.05, 4.69) is 0 Å². The lowest BCUT2D eigenvalue weighted by Gasteiger charge is -2.26. The van der Waals surface area contributed by atoms with Gasteiger partial charge in [0.25, 0.3) is 0 Å². The summed E-state index contributed by atoms with van der Waals surface area (Å²) in [5.74, 6) is -0.0970. The number of likely N-dealkylation sites (N-methyl/N-ethyl adjacent to an activating group) is 1. The summed E-state index contributed by atoms with van der Waals surface area (Å²) in [5.41, 5.74) is 8.16. The first kappa shape index (κ1) is 17.5. The number of hydrogen-bond acceptors (Lipinski definition) is 3. The van der Waals surface area contributed by atoms with Crippen molar-refractivity contribution in [3.8, 4) is 0 Å². The van der Waals surface area contributed by atoms with E-state index in [0.717, 1.165) is 11.1 Å². The summed E-state index contributed by atoms with van der Waals surface area (Å²) in [6.07, 6.45) is -0.412. The van der Waals surface area contributed by atoms with Crippen molar-refractivity contribution < 1.29 is 9.53 Å². The van der Waals surface area contributed by atoms with Gasteiger partial charge in [-0.3, -0.25) is 4.79 Å². The minimum Gasteiger partial charge on any atom is -0.369 e. The van der Waals surface area contributed by atoms with E-state index in [4.69, 9.17) is 10.5 Å². The van der Waals surface area contributed by atoms with Gasteiger partial charge in [0, 0.05) is 7.05 Å². The molecule has 23 heavy (non-hydrogen) atoms. The molecule has 1 heterocycles. The molecule has 1 aliphatic rings. The summed E-state index contributed by atoms with van der Waals surface area (Å²) in [4.78, 5) is 14.3. The highest BCUT2D eigenvalue weighted by atomic mass is 35.5. The fourth-order valence-electron chi connectivity index (χ4n) is 2.87. The van der Waals surface area contributed by atoms with Gasteiger partial charge in [-0.2, -0.15) is 0 Å². The van der Waals surface area contributed by atoms with Crippen LogP contribution in [0, 0.1) is 0 Å². The van der Waals surface area contributed by atoms with E-state index in [-0.39, 0.29) is 24.4 Å². The predicted molar refractivity (Wildman–Crippen MR) is 92.3 cm³/mol. The summed E-state index contributed by atoms with van der Waals surface area (Å²) < 4.78 is 6.02. The molecule has 0 saturated carbocycles. The second-order valence-electron chi connectivity index (χ2n) is 5.57. The van der Waals surface area contributed by atoms with Crippen LogP contribution in [0.15, 0.2) is 60.7 Å². The number of benzene rings is 2. The van der Waals surface area contributed by atoms with Crippen LogP contribution in [0.1, 0.15) is 23.3 Å². The normalized spacial score (nSPS) is 24.7. The molecule has 3 unspecified atom stereocenters. The van der Waals surface area contributed by atoms with E-state index in [1.54, 1.807) is 11.9 Å². The molecule has 0 radical (unpaired) electrons. The van der Waals surface area contributed by atoms with Crippen molar-refractivity contribution >= 4 is 18.3 Å². The lowest BCUT2D eigenvalue weighted by Crippen LogP contribution is -2.44. The molecule has 3 rings (SSSR count). The van der Waals surface area contributed by atoms with Crippen LogP contribution in [0.2, 0.25) is 0 Å². The van der Waals surface area contributed by atoms with Crippen LogP contribution in [0.25, 0.3) is 0 Å². The third kappa shape index (κ3) is 3.55. The Morgan fingerprint density at radius 3 is 2.09 bits per heavy atom. The van der Waals surface area contributed by atoms with Crippen LogP contribution < -0.4 is 5.73 Å². The van der Waals surface area contributed by atoms with Crippen LogP contribution in [0.4, 0.5) is 0 Å². The summed E-state index contributed by atoms with van der Waals surface area (Å²) >= 11 is 0. The minimum atomic E-state index is -0.693. The molecule has 1 fully saturated rings. The largest absolute Gasteiger partial charge is 0.369 e. The van der Waals surface area contributed by atoms with Crippen molar-refractivity contribution in [1.29, 1.82) is 0 Å². The Morgan fingerprint density at radius 1 is 1.00 bits per heavy atom. The Hall–Kier alpha value is -1.88. The number of nitrogens with zero attached hydrogens (tertiary/aromatic N) is 1. The summed E-state index contributed by atoms with van der Waals surface area (Å²) in [7, 11) is 1.79. The molecule has 2 N–H and O–H groups in total.